The van der Waals surface area contributed by atoms with Crippen LogP contribution in [0.25, 0.3) is 5.76 Å². The first kappa shape index (κ1) is 23.3. The number of ether oxygens (including phenoxy) is 1. The topological polar surface area (TPSA) is 66.8 Å². The highest BCUT2D eigenvalue weighted by molar-refractivity contribution is 6.51. The number of benzene rings is 3. The number of hydrogen-bond acceptors (Lipinski definition) is 4. The first-order chi connectivity index (χ1) is 16.4. The molecular weight excluding hydrogens is 426 g/mol. The van der Waals surface area contributed by atoms with Crippen LogP contribution in [0.2, 0.25) is 0 Å². The first-order valence-electron chi connectivity index (χ1n) is 11.6. The molecule has 3 aromatic rings. The number of carbonyl (C=O) groups excluding carboxylic acids is 2. The van der Waals surface area contributed by atoms with Crippen LogP contribution in [0.5, 0.6) is 5.75 Å². The second-order valence-corrected chi connectivity index (χ2v) is 8.83. The number of aryl methyl sites for hydroxylation is 1. The fourth-order valence-corrected chi connectivity index (χ4v) is 4.07. The fourth-order valence-electron chi connectivity index (χ4n) is 4.07. The summed E-state index contributed by atoms with van der Waals surface area (Å²) < 4.78 is 5.73. The van der Waals surface area contributed by atoms with Gasteiger partial charge >= 0.3 is 0 Å². The van der Waals surface area contributed by atoms with Crippen molar-refractivity contribution < 1.29 is 19.4 Å². The predicted molar refractivity (Wildman–Crippen MR) is 134 cm³/mol. The minimum atomic E-state index is -0.731. The number of rotatable bonds is 7. The van der Waals surface area contributed by atoms with Gasteiger partial charge in [0.1, 0.15) is 11.5 Å². The quantitative estimate of drug-likeness (QED) is 0.273. The molecule has 1 aliphatic heterocycles. The summed E-state index contributed by atoms with van der Waals surface area (Å²) in [6.45, 7) is 6.79. The molecule has 34 heavy (non-hydrogen) atoms. The van der Waals surface area contributed by atoms with E-state index in [-0.39, 0.29) is 11.3 Å². The van der Waals surface area contributed by atoms with E-state index < -0.39 is 17.7 Å². The van der Waals surface area contributed by atoms with Gasteiger partial charge in [0.2, 0.25) is 0 Å². The molecule has 1 unspecified atom stereocenters. The van der Waals surface area contributed by atoms with Crippen LogP contribution in [0, 0.1) is 5.92 Å². The molecule has 0 radical (unpaired) electrons. The molecule has 4 rings (SSSR count). The molecule has 1 heterocycles. The van der Waals surface area contributed by atoms with Gasteiger partial charge in [0.15, 0.2) is 0 Å². The molecule has 1 saturated heterocycles. The number of aliphatic hydroxyl groups excluding tert-OH is 1. The second-order valence-electron chi connectivity index (χ2n) is 8.83. The van der Waals surface area contributed by atoms with E-state index in [9.17, 15) is 14.7 Å². The standard InChI is InChI=1S/C29H29NO4/c1-4-20-10-12-21(13-11-20)26-25(28(32)29(33)30(26)23-8-6-5-7-9-23)27(31)22-14-16-24(17-15-22)34-18-19(2)3/h5-17,19,26,31H,4,18H2,1-3H3/b27-25-. The lowest BCUT2D eigenvalue weighted by Gasteiger charge is -2.25. The van der Waals surface area contributed by atoms with Crippen LogP contribution in [0.3, 0.4) is 0 Å². The molecule has 174 valence electrons. The van der Waals surface area contributed by atoms with Crippen molar-refractivity contribution in [3.63, 3.8) is 0 Å². The average molecular weight is 456 g/mol. The molecule has 0 saturated carbocycles. The lowest BCUT2D eigenvalue weighted by atomic mass is 9.94. The van der Waals surface area contributed by atoms with E-state index in [0.717, 1.165) is 17.5 Å². The van der Waals surface area contributed by atoms with Crippen molar-refractivity contribution in [3.05, 3.63) is 101 Å². The summed E-state index contributed by atoms with van der Waals surface area (Å²) in [5.41, 5.74) is 3.05. The molecule has 1 amide bonds. The Hall–Kier alpha value is -3.86. The van der Waals surface area contributed by atoms with E-state index >= 15 is 0 Å². The number of anilines is 1. The molecule has 0 bridgehead atoms. The minimum absolute atomic E-state index is 0.0777. The van der Waals surface area contributed by atoms with Crippen molar-refractivity contribution in [2.24, 2.45) is 5.92 Å². The molecule has 1 atom stereocenters. The Labute approximate surface area is 200 Å². The summed E-state index contributed by atoms with van der Waals surface area (Å²) in [6.07, 6.45) is 0.879. The first-order valence-corrected chi connectivity index (χ1v) is 11.6. The van der Waals surface area contributed by atoms with E-state index in [1.165, 1.54) is 4.90 Å². The zero-order valence-electron chi connectivity index (χ0n) is 19.7. The van der Waals surface area contributed by atoms with E-state index in [2.05, 4.69) is 20.8 Å². The summed E-state index contributed by atoms with van der Waals surface area (Å²) in [4.78, 5) is 27.9. The van der Waals surface area contributed by atoms with E-state index in [1.807, 2.05) is 42.5 Å². The summed E-state index contributed by atoms with van der Waals surface area (Å²) in [6, 6.07) is 23.1. The van der Waals surface area contributed by atoms with Crippen LogP contribution < -0.4 is 9.64 Å². The van der Waals surface area contributed by atoms with Crippen LogP contribution >= 0.6 is 0 Å². The Bertz CT molecular complexity index is 1200. The van der Waals surface area contributed by atoms with Gasteiger partial charge in [0.05, 0.1) is 18.2 Å². The highest BCUT2D eigenvalue weighted by Crippen LogP contribution is 2.42. The van der Waals surface area contributed by atoms with Crippen LogP contribution in [0.15, 0.2) is 84.4 Å². The van der Waals surface area contributed by atoms with E-state index in [4.69, 9.17) is 4.74 Å². The van der Waals surface area contributed by atoms with Gasteiger partial charge in [-0.15, -0.1) is 0 Å². The van der Waals surface area contributed by atoms with Gasteiger partial charge < -0.3 is 9.84 Å². The number of Topliss-reactive ketones (excluding diaryl/α,β-unsaturated/α-hetero) is 1. The molecule has 0 aromatic heterocycles. The smallest absolute Gasteiger partial charge is 0.300 e. The monoisotopic (exact) mass is 455 g/mol. The largest absolute Gasteiger partial charge is 0.507 e. The van der Waals surface area contributed by atoms with E-state index in [0.29, 0.717) is 29.5 Å². The lowest BCUT2D eigenvalue weighted by Crippen LogP contribution is -2.29. The van der Waals surface area contributed by atoms with Crippen molar-refractivity contribution in [1.29, 1.82) is 0 Å². The molecule has 5 heteroatoms. The van der Waals surface area contributed by atoms with Gasteiger partial charge in [0.25, 0.3) is 11.7 Å². The van der Waals surface area contributed by atoms with Crippen LogP contribution in [0.4, 0.5) is 5.69 Å². The Morgan fingerprint density at radius 2 is 1.59 bits per heavy atom. The summed E-state index contributed by atoms with van der Waals surface area (Å²) >= 11 is 0. The number of aliphatic hydroxyl groups is 1. The van der Waals surface area contributed by atoms with Crippen molar-refractivity contribution in [1.82, 2.24) is 0 Å². The second kappa shape index (κ2) is 9.96. The normalized spacial score (nSPS) is 17.4. The maximum atomic E-state index is 13.2. The zero-order chi connectivity index (χ0) is 24.2. The third-order valence-corrected chi connectivity index (χ3v) is 5.89. The summed E-state index contributed by atoms with van der Waals surface area (Å²) in [5.74, 6) is -0.486. The lowest BCUT2D eigenvalue weighted by molar-refractivity contribution is -0.132. The number of carbonyl (C=O) groups is 2. The number of hydrogen-bond donors (Lipinski definition) is 1. The van der Waals surface area contributed by atoms with Crippen LogP contribution in [-0.4, -0.2) is 23.4 Å². The highest BCUT2D eigenvalue weighted by Gasteiger charge is 2.46. The van der Waals surface area contributed by atoms with Gasteiger partial charge in [-0.1, -0.05) is 63.2 Å². The Balaban J connectivity index is 1.80. The number of ketones is 1. The SMILES string of the molecule is CCc1ccc(C2/C(=C(/O)c3ccc(OCC(C)C)cc3)C(=O)C(=O)N2c2ccccc2)cc1. The zero-order valence-corrected chi connectivity index (χ0v) is 19.7. The Morgan fingerprint density at radius 1 is 0.941 bits per heavy atom. The number of nitrogens with zero attached hydrogens (tertiary/aromatic N) is 1. The van der Waals surface area contributed by atoms with Crippen LogP contribution in [-0.2, 0) is 16.0 Å². The molecule has 0 spiro atoms. The summed E-state index contributed by atoms with van der Waals surface area (Å²) in [5, 5.41) is 11.3. The van der Waals surface area contributed by atoms with Gasteiger partial charge in [-0.25, -0.2) is 0 Å². The number of amides is 1. The predicted octanol–water partition coefficient (Wildman–Crippen LogP) is 5.91. The van der Waals surface area contributed by atoms with Crippen molar-refractivity contribution in [2.75, 3.05) is 11.5 Å². The number of para-hydroxylation sites is 1. The van der Waals surface area contributed by atoms with Gasteiger partial charge in [-0.05, 0) is 59.9 Å². The van der Waals surface area contributed by atoms with Crippen molar-refractivity contribution >= 4 is 23.1 Å². The highest BCUT2D eigenvalue weighted by atomic mass is 16.5. The van der Waals surface area contributed by atoms with Crippen LogP contribution in [0.1, 0.15) is 43.5 Å². The molecule has 5 nitrogen and oxygen atoms in total. The summed E-state index contributed by atoms with van der Waals surface area (Å²) in [7, 11) is 0. The van der Waals surface area contributed by atoms with E-state index in [1.54, 1.807) is 36.4 Å². The maximum Gasteiger partial charge on any atom is 0.300 e. The van der Waals surface area contributed by atoms with Gasteiger partial charge in [0, 0.05) is 11.3 Å². The molecule has 0 aliphatic carbocycles. The van der Waals surface area contributed by atoms with Gasteiger partial charge in [-0.2, -0.15) is 0 Å². The third kappa shape index (κ3) is 4.60. The molecule has 1 fully saturated rings. The Kier molecular flexibility index (Phi) is 6.82. The van der Waals surface area contributed by atoms with Crippen molar-refractivity contribution in [2.45, 2.75) is 33.2 Å². The van der Waals surface area contributed by atoms with Crippen molar-refractivity contribution in [3.8, 4) is 5.75 Å². The minimum Gasteiger partial charge on any atom is -0.507 e. The molecule has 1 N–H and O–H groups in total. The Morgan fingerprint density at radius 3 is 2.18 bits per heavy atom. The molecule has 3 aromatic carbocycles. The third-order valence-electron chi connectivity index (χ3n) is 5.89. The average Bonchev–Trinajstić information content (AvgIpc) is 3.13. The molecular formula is C29H29NO4. The maximum absolute atomic E-state index is 13.2. The fraction of sp³-hybridized carbons (Fsp3) is 0.241. The molecule has 1 aliphatic rings. The van der Waals surface area contributed by atoms with Gasteiger partial charge in [-0.3, -0.25) is 14.5 Å².